The molecule has 0 aliphatic heterocycles. The minimum atomic E-state index is -1.59. The van der Waals surface area contributed by atoms with Crippen molar-refractivity contribution in [3.8, 4) is 11.5 Å². The molecule has 0 unspecified atom stereocenters. The molecule has 0 fully saturated rings. The average molecular weight is 284 g/mol. The molecule has 0 amide bonds. The van der Waals surface area contributed by atoms with Crippen LogP contribution in [0.2, 0.25) is 0 Å². The molecule has 0 heterocycles. The molecular formula is C17H16O4. The van der Waals surface area contributed by atoms with E-state index in [-0.39, 0.29) is 0 Å². The first-order valence-electron chi connectivity index (χ1n) is 6.45. The van der Waals surface area contributed by atoms with Crippen LogP contribution in [0.1, 0.15) is 6.92 Å². The Labute approximate surface area is 123 Å². The lowest BCUT2D eigenvalue weighted by molar-refractivity contribution is -0.271. The number of esters is 1. The summed E-state index contributed by atoms with van der Waals surface area (Å²) in [5, 5.41) is 0. The number of carbonyl (C=O) groups excluding carboxylic acids is 1. The van der Waals surface area contributed by atoms with E-state index >= 15 is 0 Å². The molecule has 2 rings (SSSR count). The van der Waals surface area contributed by atoms with Crippen molar-refractivity contribution in [3.63, 3.8) is 0 Å². The number of hydrogen-bond acceptors (Lipinski definition) is 4. The highest BCUT2D eigenvalue weighted by Crippen LogP contribution is 2.24. The van der Waals surface area contributed by atoms with Crippen LogP contribution in [-0.4, -0.2) is 11.9 Å². The summed E-state index contributed by atoms with van der Waals surface area (Å²) in [6, 6.07) is 17.9. The second kappa shape index (κ2) is 6.61. The standard InChI is InChI=1S/C17H16O4/c1-3-16(18)21-17(2,19-14-10-6-4-7-11-14)20-15-12-8-5-9-13-15/h3-13H,1H2,2H3. The van der Waals surface area contributed by atoms with Crippen LogP contribution in [-0.2, 0) is 9.53 Å². The molecule has 0 aliphatic rings. The fourth-order valence-corrected chi connectivity index (χ4v) is 1.69. The fraction of sp³-hybridized carbons (Fsp3) is 0.118. The topological polar surface area (TPSA) is 44.8 Å². The van der Waals surface area contributed by atoms with Crippen LogP contribution in [0.4, 0.5) is 0 Å². The smallest absolute Gasteiger partial charge is 0.416 e. The lowest BCUT2D eigenvalue weighted by Crippen LogP contribution is -2.43. The molecule has 0 bridgehead atoms. The molecule has 21 heavy (non-hydrogen) atoms. The van der Waals surface area contributed by atoms with Gasteiger partial charge in [0, 0.05) is 6.08 Å². The van der Waals surface area contributed by atoms with E-state index in [2.05, 4.69) is 6.58 Å². The van der Waals surface area contributed by atoms with Gasteiger partial charge in [0.25, 0.3) is 0 Å². The van der Waals surface area contributed by atoms with Crippen LogP contribution < -0.4 is 9.47 Å². The molecule has 2 aromatic carbocycles. The van der Waals surface area contributed by atoms with E-state index in [1.54, 1.807) is 24.3 Å². The van der Waals surface area contributed by atoms with Crippen LogP contribution in [0.5, 0.6) is 11.5 Å². The molecule has 0 spiro atoms. The van der Waals surface area contributed by atoms with Gasteiger partial charge in [-0.2, -0.15) is 0 Å². The molecule has 108 valence electrons. The Morgan fingerprint density at radius 2 is 1.38 bits per heavy atom. The Morgan fingerprint density at radius 3 is 1.76 bits per heavy atom. The zero-order valence-corrected chi connectivity index (χ0v) is 11.7. The lowest BCUT2D eigenvalue weighted by atomic mass is 10.3. The molecular weight excluding hydrogens is 268 g/mol. The summed E-state index contributed by atoms with van der Waals surface area (Å²) in [4.78, 5) is 11.5. The molecule has 0 atom stereocenters. The van der Waals surface area contributed by atoms with E-state index in [4.69, 9.17) is 14.2 Å². The third kappa shape index (κ3) is 4.38. The second-order valence-electron chi connectivity index (χ2n) is 4.32. The highest BCUT2D eigenvalue weighted by molar-refractivity contribution is 5.81. The SMILES string of the molecule is C=CC(=O)OC(C)(Oc1ccccc1)Oc1ccccc1. The van der Waals surface area contributed by atoms with Gasteiger partial charge in [0.15, 0.2) is 0 Å². The minimum absolute atomic E-state index is 0.521. The summed E-state index contributed by atoms with van der Waals surface area (Å²) in [6.07, 6.45) is 1.06. The van der Waals surface area contributed by atoms with Gasteiger partial charge in [0.05, 0.1) is 6.92 Å². The fourth-order valence-electron chi connectivity index (χ4n) is 1.69. The van der Waals surface area contributed by atoms with Gasteiger partial charge in [-0.05, 0) is 24.3 Å². The molecule has 0 N–H and O–H groups in total. The van der Waals surface area contributed by atoms with Crippen molar-refractivity contribution in [2.24, 2.45) is 0 Å². The zero-order chi connectivity index (χ0) is 15.1. The summed E-state index contributed by atoms with van der Waals surface area (Å²) in [5.41, 5.74) is 0. The average Bonchev–Trinajstić information content (AvgIpc) is 2.48. The third-order valence-electron chi connectivity index (χ3n) is 2.55. The normalized spacial score (nSPS) is 10.5. The van der Waals surface area contributed by atoms with Crippen molar-refractivity contribution in [2.45, 2.75) is 12.9 Å². The van der Waals surface area contributed by atoms with Gasteiger partial charge in [-0.25, -0.2) is 4.79 Å². The first-order valence-corrected chi connectivity index (χ1v) is 6.45. The Balaban J connectivity index is 2.21. The van der Waals surface area contributed by atoms with Crippen molar-refractivity contribution in [1.82, 2.24) is 0 Å². The van der Waals surface area contributed by atoms with Gasteiger partial charge >= 0.3 is 11.9 Å². The number of benzene rings is 2. The Bertz CT molecular complexity index is 551. The van der Waals surface area contributed by atoms with Gasteiger partial charge < -0.3 is 14.2 Å². The molecule has 0 radical (unpaired) electrons. The maximum atomic E-state index is 11.5. The second-order valence-corrected chi connectivity index (χ2v) is 4.32. The van der Waals surface area contributed by atoms with Gasteiger partial charge in [-0.15, -0.1) is 0 Å². The number of carbonyl (C=O) groups is 1. The van der Waals surface area contributed by atoms with E-state index < -0.39 is 11.9 Å². The van der Waals surface area contributed by atoms with E-state index in [0.717, 1.165) is 6.08 Å². The number of para-hydroxylation sites is 2. The van der Waals surface area contributed by atoms with E-state index in [1.165, 1.54) is 6.92 Å². The largest absolute Gasteiger partial charge is 0.421 e. The molecule has 0 saturated carbocycles. The van der Waals surface area contributed by atoms with Crippen molar-refractivity contribution in [2.75, 3.05) is 0 Å². The molecule has 0 aromatic heterocycles. The zero-order valence-electron chi connectivity index (χ0n) is 11.7. The van der Waals surface area contributed by atoms with E-state index in [1.807, 2.05) is 36.4 Å². The van der Waals surface area contributed by atoms with Crippen molar-refractivity contribution < 1.29 is 19.0 Å². The van der Waals surface area contributed by atoms with Gasteiger partial charge in [-0.3, -0.25) is 0 Å². The summed E-state index contributed by atoms with van der Waals surface area (Å²) >= 11 is 0. The van der Waals surface area contributed by atoms with Gasteiger partial charge in [0.2, 0.25) is 0 Å². The highest BCUT2D eigenvalue weighted by Gasteiger charge is 2.33. The summed E-state index contributed by atoms with van der Waals surface area (Å²) < 4.78 is 16.5. The van der Waals surface area contributed by atoms with Gasteiger partial charge in [0.1, 0.15) is 11.5 Å². The lowest BCUT2D eigenvalue weighted by Gasteiger charge is -2.29. The molecule has 0 saturated heterocycles. The first kappa shape index (κ1) is 14.7. The molecule has 4 heteroatoms. The molecule has 0 aliphatic carbocycles. The quantitative estimate of drug-likeness (QED) is 0.462. The van der Waals surface area contributed by atoms with E-state index in [9.17, 15) is 4.79 Å². The predicted molar refractivity (Wildman–Crippen MR) is 78.8 cm³/mol. The first-order chi connectivity index (χ1) is 10.1. The van der Waals surface area contributed by atoms with Crippen molar-refractivity contribution in [1.29, 1.82) is 0 Å². The summed E-state index contributed by atoms with van der Waals surface area (Å²) in [5.74, 6) is -1.18. The van der Waals surface area contributed by atoms with E-state index in [0.29, 0.717) is 11.5 Å². The molecule has 2 aromatic rings. The van der Waals surface area contributed by atoms with Crippen LogP contribution in [0.3, 0.4) is 0 Å². The number of hydrogen-bond donors (Lipinski definition) is 0. The highest BCUT2D eigenvalue weighted by atomic mass is 16.9. The van der Waals surface area contributed by atoms with Crippen molar-refractivity contribution in [3.05, 3.63) is 73.3 Å². The Hall–Kier alpha value is -2.75. The van der Waals surface area contributed by atoms with Crippen LogP contribution in [0.15, 0.2) is 73.3 Å². The number of ether oxygens (including phenoxy) is 3. The Morgan fingerprint density at radius 1 is 0.952 bits per heavy atom. The van der Waals surface area contributed by atoms with Crippen LogP contribution in [0.25, 0.3) is 0 Å². The third-order valence-corrected chi connectivity index (χ3v) is 2.55. The maximum Gasteiger partial charge on any atom is 0.416 e. The van der Waals surface area contributed by atoms with Crippen molar-refractivity contribution >= 4 is 5.97 Å². The maximum absolute atomic E-state index is 11.5. The summed E-state index contributed by atoms with van der Waals surface area (Å²) in [6.45, 7) is 4.90. The summed E-state index contributed by atoms with van der Waals surface area (Å²) in [7, 11) is 0. The monoisotopic (exact) mass is 284 g/mol. The van der Waals surface area contributed by atoms with Gasteiger partial charge in [-0.1, -0.05) is 43.0 Å². The Kier molecular flexibility index (Phi) is 4.61. The van der Waals surface area contributed by atoms with Crippen LogP contribution >= 0.6 is 0 Å². The van der Waals surface area contributed by atoms with Crippen LogP contribution in [0, 0.1) is 0 Å². The minimum Gasteiger partial charge on any atom is -0.421 e. The molecule has 4 nitrogen and oxygen atoms in total. The predicted octanol–water partition coefficient (Wildman–Crippen LogP) is 3.55. The number of rotatable bonds is 6.